The molecule has 0 aromatic rings. The van der Waals surface area contributed by atoms with Crippen molar-refractivity contribution in [3.8, 4) is 0 Å². The van der Waals surface area contributed by atoms with E-state index in [1.54, 1.807) is 13.8 Å². The van der Waals surface area contributed by atoms with E-state index in [9.17, 15) is 39.9 Å². The van der Waals surface area contributed by atoms with Crippen molar-refractivity contribution in [2.45, 2.75) is 162 Å². The van der Waals surface area contributed by atoms with Crippen LogP contribution in [0.4, 0.5) is 0 Å². The normalized spacial score (nSPS) is 38.0. The van der Waals surface area contributed by atoms with Gasteiger partial charge in [-0.05, 0) is 106 Å². The molecule has 0 spiro atoms. The Labute approximate surface area is 291 Å². The molecule has 49 heavy (non-hydrogen) atoms. The van der Waals surface area contributed by atoms with Gasteiger partial charge in [-0.25, -0.2) is 0 Å². The fourth-order valence-electron chi connectivity index (χ4n) is 11.0. The van der Waals surface area contributed by atoms with Crippen molar-refractivity contribution in [2.24, 2.45) is 39.4 Å². The molecule has 0 aliphatic heterocycles. The maximum atomic E-state index is 13.2. The first-order chi connectivity index (χ1) is 22.3. The molecule has 280 valence electrons. The van der Waals surface area contributed by atoms with Crippen molar-refractivity contribution in [2.75, 3.05) is 6.54 Å². The van der Waals surface area contributed by atoms with Crippen LogP contribution in [0.5, 0.6) is 0 Å². The van der Waals surface area contributed by atoms with E-state index in [0.717, 1.165) is 32.1 Å². The number of allylic oxidation sites excluding steroid dienone is 1. The number of aliphatic carboxylic acids is 1. The standard InChI is InChI=1S/C38H63NO10/c1-21(10-13-27(40)34(4,5)47)22-14-15-37(8)23-11-12-26-33(2,3)32(46)25(17-36(26,7)24(23)16-28(41)38(22,37)9)49-31(45)19-35(6,48)18-29(42)39-20-30(43)44/h21-22,25-28,32,40-41,46-48H,10-20H2,1-9H3,(H,39,42)(H,43,44). The van der Waals surface area contributed by atoms with Crippen molar-refractivity contribution in [1.82, 2.24) is 5.32 Å². The smallest absolute Gasteiger partial charge is 0.322 e. The first-order valence-corrected chi connectivity index (χ1v) is 18.2. The number of nitrogens with one attached hydrogen (secondary N) is 1. The fourth-order valence-corrected chi connectivity index (χ4v) is 11.0. The van der Waals surface area contributed by atoms with Gasteiger partial charge in [-0.15, -0.1) is 0 Å². The van der Waals surface area contributed by atoms with Crippen LogP contribution in [0.1, 0.15) is 127 Å². The van der Waals surface area contributed by atoms with E-state index in [2.05, 4.69) is 33.0 Å². The Kier molecular flexibility index (Phi) is 10.9. The van der Waals surface area contributed by atoms with Crippen molar-refractivity contribution < 1.29 is 49.8 Å². The number of aliphatic hydroxyl groups is 5. The quantitative estimate of drug-likeness (QED) is 0.117. The van der Waals surface area contributed by atoms with Crippen LogP contribution < -0.4 is 5.32 Å². The van der Waals surface area contributed by atoms with E-state index in [4.69, 9.17) is 9.84 Å². The molecule has 11 atom stereocenters. The van der Waals surface area contributed by atoms with Gasteiger partial charge in [0.25, 0.3) is 0 Å². The number of carbonyl (C=O) groups is 3. The van der Waals surface area contributed by atoms with Gasteiger partial charge in [-0.2, -0.15) is 0 Å². The highest BCUT2D eigenvalue weighted by molar-refractivity contribution is 5.82. The Morgan fingerprint density at radius 1 is 0.980 bits per heavy atom. The van der Waals surface area contributed by atoms with Gasteiger partial charge < -0.3 is 40.7 Å². The maximum absolute atomic E-state index is 13.2. The topological polar surface area (TPSA) is 194 Å². The molecule has 11 heteroatoms. The lowest BCUT2D eigenvalue weighted by Crippen LogP contribution is -2.62. The number of hydrogen-bond donors (Lipinski definition) is 7. The number of carboxylic acids is 1. The summed E-state index contributed by atoms with van der Waals surface area (Å²) < 4.78 is 5.93. The molecule has 4 rings (SSSR count). The first kappa shape index (κ1) is 39.7. The van der Waals surface area contributed by atoms with Crippen LogP contribution in [-0.2, 0) is 19.1 Å². The van der Waals surface area contributed by atoms with Crippen molar-refractivity contribution in [3.63, 3.8) is 0 Å². The second-order valence-electron chi connectivity index (χ2n) is 18.2. The van der Waals surface area contributed by atoms with Crippen LogP contribution in [0.2, 0.25) is 0 Å². The van der Waals surface area contributed by atoms with Crippen molar-refractivity contribution in [1.29, 1.82) is 0 Å². The second-order valence-corrected chi connectivity index (χ2v) is 18.2. The average molecular weight is 694 g/mol. The minimum Gasteiger partial charge on any atom is -0.480 e. The van der Waals surface area contributed by atoms with Crippen LogP contribution in [0.25, 0.3) is 0 Å². The van der Waals surface area contributed by atoms with E-state index in [1.165, 1.54) is 18.1 Å². The molecule has 2 saturated carbocycles. The summed E-state index contributed by atoms with van der Waals surface area (Å²) in [5.74, 6) is -2.14. The summed E-state index contributed by atoms with van der Waals surface area (Å²) in [6.07, 6.45) is 1.46. The lowest BCUT2D eigenvalue weighted by molar-refractivity contribution is -0.193. The SMILES string of the molecule is CC(CCC(O)C(C)(C)O)C1CCC2(C)C3=C(CC(O)C12C)C1(C)CC(OC(=O)CC(C)(O)CC(=O)NCC(=O)O)C(O)C(C)(C)C1CC3. The molecule has 0 bridgehead atoms. The summed E-state index contributed by atoms with van der Waals surface area (Å²) in [5, 5.41) is 66.4. The number of amides is 1. The van der Waals surface area contributed by atoms with Gasteiger partial charge >= 0.3 is 11.9 Å². The molecule has 0 saturated heterocycles. The lowest BCUT2D eigenvalue weighted by atomic mass is 9.42. The highest BCUT2D eigenvalue weighted by Crippen LogP contribution is 2.72. The fraction of sp³-hybridized carbons (Fsp3) is 0.868. The third kappa shape index (κ3) is 7.21. The maximum Gasteiger partial charge on any atom is 0.322 e. The third-order valence-electron chi connectivity index (χ3n) is 14.0. The minimum absolute atomic E-state index is 0.0735. The Balaban J connectivity index is 1.58. The van der Waals surface area contributed by atoms with Gasteiger partial charge in [0.15, 0.2) is 0 Å². The van der Waals surface area contributed by atoms with Crippen LogP contribution in [0, 0.1) is 39.4 Å². The van der Waals surface area contributed by atoms with Crippen molar-refractivity contribution >= 4 is 17.8 Å². The van der Waals surface area contributed by atoms with Gasteiger partial charge in [0.1, 0.15) is 12.6 Å². The van der Waals surface area contributed by atoms with E-state index in [-0.39, 0.29) is 28.6 Å². The predicted octanol–water partition coefficient (Wildman–Crippen LogP) is 3.87. The Morgan fingerprint density at radius 3 is 2.20 bits per heavy atom. The summed E-state index contributed by atoms with van der Waals surface area (Å²) in [6, 6.07) is 0. The predicted molar refractivity (Wildman–Crippen MR) is 183 cm³/mol. The zero-order valence-electron chi connectivity index (χ0n) is 31.1. The summed E-state index contributed by atoms with van der Waals surface area (Å²) >= 11 is 0. The lowest BCUT2D eigenvalue weighted by Gasteiger charge is -2.64. The zero-order chi connectivity index (χ0) is 37.1. The van der Waals surface area contributed by atoms with Gasteiger partial charge in [0.05, 0.1) is 42.4 Å². The molecular formula is C38H63NO10. The number of fused-ring (bicyclic) bond motifs is 4. The van der Waals surface area contributed by atoms with Crippen LogP contribution in [0.15, 0.2) is 11.1 Å². The van der Waals surface area contributed by atoms with Gasteiger partial charge in [-0.1, -0.05) is 52.7 Å². The van der Waals surface area contributed by atoms with Gasteiger partial charge in [0, 0.05) is 5.41 Å². The Bertz CT molecular complexity index is 1320. The number of hydrogen-bond acceptors (Lipinski definition) is 9. The molecule has 7 N–H and O–H groups in total. The van der Waals surface area contributed by atoms with Crippen LogP contribution in [0.3, 0.4) is 0 Å². The van der Waals surface area contributed by atoms with Crippen molar-refractivity contribution in [3.05, 3.63) is 11.1 Å². The third-order valence-corrected chi connectivity index (χ3v) is 14.0. The molecule has 4 aliphatic carbocycles. The molecule has 0 aromatic carbocycles. The number of esters is 1. The summed E-state index contributed by atoms with van der Waals surface area (Å²) in [4.78, 5) is 36.1. The van der Waals surface area contributed by atoms with E-state index < -0.39 is 83.7 Å². The van der Waals surface area contributed by atoms with Gasteiger partial charge in [0.2, 0.25) is 5.91 Å². The molecule has 11 nitrogen and oxygen atoms in total. The average Bonchev–Trinajstić information content (AvgIpc) is 3.25. The second kappa shape index (κ2) is 13.5. The van der Waals surface area contributed by atoms with E-state index in [0.29, 0.717) is 19.3 Å². The molecule has 0 aromatic heterocycles. The summed E-state index contributed by atoms with van der Waals surface area (Å²) in [7, 11) is 0. The first-order valence-electron chi connectivity index (χ1n) is 18.2. The van der Waals surface area contributed by atoms with E-state index >= 15 is 0 Å². The largest absolute Gasteiger partial charge is 0.480 e. The number of carbonyl (C=O) groups excluding carboxylic acids is 2. The highest BCUT2D eigenvalue weighted by Gasteiger charge is 2.67. The molecule has 0 radical (unpaired) electrons. The van der Waals surface area contributed by atoms with E-state index in [1.807, 2.05) is 13.8 Å². The number of ether oxygens (including phenoxy) is 1. The molecule has 2 fully saturated rings. The molecule has 4 aliphatic rings. The summed E-state index contributed by atoms with van der Waals surface area (Å²) in [5.41, 5.74) is -2.08. The number of carboxylic acid groups (broad SMARTS) is 1. The summed E-state index contributed by atoms with van der Waals surface area (Å²) in [6.45, 7) is 16.9. The molecule has 1 amide bonds. The monoisotopic (exact) mass is 693 g/mol. The zero-order valence-corrected chi connectivity index (χ0v) is 31.1. The number of aliphatic hydroxyl groups excluding tert-OH is 3. The Hall–Kier alpha value is -2.05. The Morgan fingerprint density at radius 2 is 1.61 bits per heavy atom. The molecule has 11 unspecified atom stereocenters. The molecule has 0 heterocycles. The number of rotatable bonds is 12. The molecular weight excluding hydrogens is 630 g/mol. The van der Waals surface area contributed by atoms with Crippen LogP contribution >= 0.6 is 0 Å². The van der Waals surface area contributed by atoms with Gasteiger partial charge in [-0.3, -0.25) is 14.4 Å². The highest BCUT2D eigenvalue weighted by atomic mass is 16.6. The minimum atomic E-state index is -1.78. The van der Waals surface area contributed by atoms with Crippen LogP contribution in [-0.4, -0.2) is 90.6 Å².